The van der Waals surface area contributed by atoms with Crippen LogP contribution in [0.5, 0.6) is 11.5 Å². The number of methoxy groups -OCH3 is 2. The van der Waals surface area contributed by atoms with Crippen molar-refractivity contribution < 1.29 is 14.3 Å². The third kappa shape index (κ3) is 5.16. The van der Waals surface area contributed by atoms with Crippen LogP contribution in [-0.2, 0) is 11.3 Å². The number of carbonyl (C=O) groups excluding carboxylic acids is 1. The van der Waals surface area contributed by atoms with Gasteiger partial charge in [0.05, 0.1) is 19.9 Å². The quantitative estimate of drug-likeness (QED) is 0.575. The maximum Gasteiger partial charge on any atom is 0.267 e. The maximum absolute atomic E-state index is 12.3. The van der Waals surface area contributed by atoms with Crippen molar-refractivity contribution in [1.82, 2.24) is 5.32 Å². The number of ether oxygens (including phenoxy) is 2. The van der Waals surface area contributed by atoms with E-state index in [1.54, 1.807) is 30.3 Å². The molecule has 0 heterocycles. The molecule has 0 fully saturated rings. The summed E-state index contributed by atoms with van der Waals surface area (Å²) < 4.78 is 10.3. The fourth-order valence-electron chi connectivity index (χ4n) is 2.12. The Morgan fingerprint density at radius 2 is 1.92 bits per heavy atom. The summed E-state index contributed by atoms with van der Waals surface area (Å²) in [5.74, 6) is 0.470. The molecule has 0 saturated carbocycles. The Kier molecular flexibility index (Phi) is 6.89. The number of rotatable bonds is 7. The van der Waals surface area contributed by atoms with Gasteiger partial charge in [-0.2, -0.15) is 5.26 Å². The number of halogens is 1. The summed E-state index contributed by atoms with van der Waals surface area (Å²) in [6, 6.07) is 14.1. The number of carbonyl (C=O) groups is 1. The van der Waals surface area contributed by atoms with Gasteiger partial charge in [-0.25, -0.2) is 0 Å². The minimum Gasteiger partial charge on any atom is -0.497 e. The first-order valence-corrected chi connectivity index (χ1v) is 8.06. The van der Waals surface area contributed by atoms with Crippen molar-refractivity contribution >= 4 is 23.2 Å². The number of amides is 1. The number of nitriles is 1. The van der Waals surface area contributed by atoms with E-state index in [4.69, 9.17) is 21.1 Å². The summed E-state index contributed by atoms with van der Waals surface area (Å²) in [4.78, 5) is 12.3. The van der Waals surface area contributed by atoms with Gasteiger partial charge in [0, 0.05) is 23.8 Å². The van der Waals surface area contributed by atoms with Crippen LogP contribution < -0.4 is 20.1 Å². The van der Waals surface area contributed by atoms with Crippen LogP contribution in [0.15, 0.2) is 54.2 Å². The van der Waals surface area contributed by atoms with Gasteiger partial charge >= 0.3 is 0 Å². The lowest BCUT2D eigenvalue weighted by atomic mass is 10.2. The highest BCUT2D eigenvalue weighted by Crippen LogP contribution is 2.29. The zero-order valence-electron chi connectivity index (χ0n) is 14.4. The van der Waals surface area contributed by atoms with Gasteiger partial charge in [-0.1, -0.05) is 23.7 Å². The van der Waals surface area contributed by atoms with E-state index in [2.05, 4.69) is 10.6 Å². The monoisotopic (exact) mass is 371 g/mol. The third-order valence-corrected chi connectivity index (χ3v) is 3.74. The summed E-state index contributed by atoms with van der Waals surface area (Å²) in [5.41, 5.74) is 1.32. The molecule has 2 N–H and O–H groups in total. The van der Waals surface area contributed by atoms with Crippen LogP contribution in [0.25, 0.3) is 0 Å². The third-order valence-electron chi connectivity index (χ3n) is 3.49. The van der Waals surface area contributed by atoms with E-state index < -0.39 is 5.91 Å². The average molecular weight is 372 g/mol. The molecule has 7 heteroatoms. The van der Waals surface area contributed by atoms with Crippen molar-refractivity contribution in [1.29, 1.82) is 5.26 Å². The van der Waals surface area contributed by atoms with Gasteiger partial charge in [-0.15, -0.1) is 0 Å². The zero-order valence-corrected chi connectivity index (χ0v) is 15.1. The first-order valence-electron chi connectivity index (χ1n) is 7.69. The molecule has 134 valence electrons. The number of hydrogen-bond donors (Lipinski definition) is 2. The van der Waals surface area contributed by atoms with E-state index in [1.165, 1.54) is 20.4 Å². The van der Waals surface area contributed by atoms with Crippen LogP contribution in [0.3, 0.4) is 0 Å². The van der Waals surface area contributed by atoms with Crippen molar-refractivity contribution in [2.24, 2.45) is 0 Å². The molecule has 0 radical (unpaired) electrons. The Labute approximate surface area is 157 Å². The summed E-state index contributed by atoms with van der Waals surface area (Å²) in [6.45, 7) is 0.456. The molecule has 0 aliphatic rings. The van der Waals surface area contributed by atoms with Gasteiger partial charge < -0.3 is 20.1 Å². The van der Waals surface area contributed by atoms with Gasteiger partial charge in [0.2, 0.25) is 0 Å². The molecule has 0 atom stereocenters. The van der Waals surface area contributed by atoms with Gasteiger partial charge in [-0.05, 0) is 29.8 Å². The second-order valence-corrected chi connectivity index (χ2v) is 5.63. The van der Waals surface area contributed by atoms with E-state index >= 15 is 0 Å². The van der Waals surface area contributed by atoms with E-state index in [0.29, 0.717) is 28.8 Å². The van der Waals surface area contributed by atoms with Crippen molar-refractivity contribution in [3.05, 3.63) is 64.8 Å². The number of nitrogens with zero attached hydrogens (tertiary/aromatic N) is 1. The highest BCUT2D eigenvalue weighted by Gasteiger charge is 2.13. The molecule has 2 rings (SSSR count). The van der Waals surface area contributed by atoms with Crippen LogP contribution in [0.4, 0.5) is 5.69 Å². The lowest BCUT2D eigenvalue weighted by Gasteiger charge is -2.11. The van der Waals surface area contributed by atoms with Gasteiger partial charge in [0.1, 0.15) is 23.1 Å². The Balaban J connectivity index is 2.06. The number of anilines is 1. The van der Waals surface area contributed by atoms with E-state index in [-0.39, 0.29) is 5.57 Å². The van der Waals surface area contributed by atoms with Crippen molar-refractivity contribution in [3.8, 4) is 17.6 Å². The van der Waals surface area contributed by atoms with Crippen molar-refractivity contribution in [2.45, 2.75) is 6.54 Å². The minimum absolute atomic E-state index is 0.0659. The number of nitrogens with one attached hydrogen (secondary N) is 2. The molecule has 0 aliphatic heterocycles. The molecule has 0 unspecified atom stereocenters. The fourth-order valence-corrected chi connectivity index (χ4v) is 2.25. The molecule has 0 spiro atoms. The van der Waals surface area contributed by atoms with Crippen LogP contribution in [0, 0.1) is 11.3 Å². The molecule has 0 saturated heterocycles. The maximum atomic E-state index is 12.3. The smallest absolute Gasteiger partial charge is 0.267 e. The van der Waals surface area contributed by atoms with Gasteiger partial charge in [-0.3, -0.25) is 4.79 Å². The van der Waals surface area contributed by atoms with Crippen LogP contribution >= 0.6 is 11.6 Å². The number of benzene rings is 2. The average Bonchev–Trinajstić information content (AvgIpc) is 2.66. The van der Waals surface area contributed by atoms with Crippen molar-refractivity contribution in [2.75, 3.05) is 19.5 Å². The molecular weight excluding hydrogens is 354 g/mol. The SMILES string of the molecule is COc1ccc(OC)c(NC(=O)/C(C#N)=C\NCc2ccc(Cl)cc2)c1. The molecule has 1 amide bonds. The van der Waals surface area contributed by atoms with Crippen molar-refractivity contribution in [3.63, 3.8) is 0 Å². The predicted octanol–water partition coefficient (Wildman–Crippen LogP) is 3.49. The standard InChI is InChI=1S/C19H18ClN3O3/c1-25-16-7-8-18(26-2)17(9-16)23-19(24)14(10-21)12-22-11-13-3-5-15(20)6-4-13/h3-9,12,22H,11H2,1-2H3,(H,23,24)/b14-12-. The molecule has 2 aromatic rings. The topological polar surface area (TPSA) is 83.4 Å². The number of hydrogen-bond acceptors (Lipinski definition) is 5. The van der Waals surface area contributed by atoms with Crippen LogP contribution in [0.2, 0.25) is 5.02 Å². The normalized spacial score (nSPS) is 10.6. The van der Waals surface area contributed by atoms with Crippen LogP contribution in [-0.4, -0.2) is 20.1 Å². The highest BCUT2D eigenvalue weighted by molar-refractivity contribution is 6.30. The Bertz CT molecular complexity index is 842. The lowest BCUT2D eigenvalue weighted by molar-refractivity contribution is -0.112. The fraction of sp³-hybridized carbons (Fsp3) is 0.158. The molecule has 6 nitrogen and oxygen atoms in total. The van der Waals surface area contributed by atoms with Gasteiger partial charge in [0.15, 0.2) is 0 Å². The predicted molar refractivity (Wildman–Crippen MR) is 100 cm³/mol. The lowest BCUT2D eigenvalue weighted by Crippen LogP contribution is -2.17. The van der Waals surface area contributed by atoms with E-state index in [9.17, 15) is 10.1 Å². The highest BCUT2D eigenvalue weighted by atomic mass is 35.5. The molecule has 0 aromatic heterocycles. The van der Waals surface area contributed by atoms with Crippen LogP contribution in [0.1, 0.15) is 5.56 Å². The molecule has 0 bridgehead atoms. The molecule has 2 aromatic carbocycles. The second kappa shape index (κ2) is 9.35. The summed E-state index contributed by atoms with van der Waals surface area (Å²) >= 11 is 5.84. The Morgan fingerprint density at radius 1 is 1.19 bits per heavy atom. The molecule has 26 heavy (non-hydrogen) atoms. The summed E-state index contributed by atoms with van der Waals surface area (Å²) in [6.07, 6.45) is 1.37. The van der Waals surface area contributed by atoms with E-state index in [0.717, 1.165) is 5.56 Å². The second-order valence-electron chi connectivity index (χ2n) is 5.20. The summed E-state index contributed by atoms with van der Waals surface area (Å²) in [7, 11) is 3.01. The first kappa shape index (κ1) is 19.2. The van der Waals surface area contributed by atoms with E-state index in [1.807, 2.05) is 18.2 Å². The Morgan fingerprint density at radius 3 is 2.54 bits per heavy atom. The molecular formula is C19H18ClN3O3. The minimum atomic E-state index is -0.553. The van der Waals surface area contributed by atoms with Gasteiger partial charge in [0.25, 0.3) is 5.91 Å². The Hall–Kier alpha value is -3.17. The largest absolute Gasteiger partial charge is 0.497 e. The zero-order chi connectivity index (χ0) is 18.9. The first-order chi connectivity index (χ1) is 12.6. The molecule has 0 aliphatic carbocycles. The summed E-state index contributed by atoms with van der Waals surface area (Å²) in [5, 5.41) is 15.5.